The van der Waals surface area contributed by atoms with Gasteiger partial charge in [0, 0.05) is 19.2 Å². The number of rotatable bonds is 6. The lowest BCUT2D eigenvalue weighted by molar-refractivity contribution is -0.131. The Balaban J connectivity index is 2.92. The van der Waals surface area contributed by atoms with E-state index in [4.69, 9.17) is 22.0 Å². The van der Waals surface area contributed by atoms with Crippen LogP contribution in [-0.2, 0) is 4.79 Å². The molecule has 0 atom stereocenters. The molecule has 19 heavy (non-hydrogen) atoms. The number of carboxylic acid groups (broad SMARTS) is 1. The molecule has 1 aromatic carbocycles. The van der Waals surface area contributed by atoms with Gasteiger partial charge in [-0.1, -0.05) is 17.7 Å². The lowest BCUT2D eigenvalue weighted by Gasteiger charge is -2.23. The van der Waals surface area contributed by atoms with Crippen LogP contribution in [0.25, 0.3) is 6.08 Å². The van der Waals surface area contributed by atoms with Crippen molar-refractivity contribution in [2.24, 2.45) is 0 Å². The highest BCUT2D eigenvalue weighted by Gasteiger charge is 2.08. The first kappa shape index (κ1) is 15.1. The normalized spacial score (nSPS) is 10.4. The van der Waals surface area contributed by atoms with Crippen LogP contribution < -0.4 is 4.90 Å². The molecule has 0 aliphatic heterocycles. The van der Waals surface area contributed by atoms with Gasteiger partial charge in [-0.3, -0.25) is 0 Å². The van der Waals surface area contributed by atoms with Crippen molar-refractivity contribution in [3.63, 3.8) is 0 Å². The van der Waals surface area contributed by atoms with E-state index in [9.17, 15) is 4.79 Å². The van der Waals surface area contributed by atoms with Crippen LogP contribution in [0.15, 0.2) is 24.3 Å². The second kappa shape index (κ2) is 7.45. The molecular weight excluding hydrogens is 264 g/mol. The number of nitrogens with zero attached hydrogens (tertiary/aromatic N) is 2. The lowest BCUT2D eigenvalue weighted by atomic mass is 10.1. The molecule has 0 unspecified atom stereocenters. The minimum atomic E-state index is -0.996. The van der Waals surface area contributed by atoms with Gasteiger partial charge in [-0.2, -0.15) is 5.26 Å². The molecule has 0 bridgehead atoms. The molecule has 0 heterocycles. The van der Waals surface area contributed by atoms with Crippen molar-refractivity contribution in [3.8, 4) is 6.07 Å². The summed E-state index contributed by atoms with van der Waals surface area (Å²) in [5.41, 5.74) is 1.58. The van der Waals surface area contributed by atoms with E-state index in [1.807, 2.05) is 17.9 Å². The minimum Gasteiger partial charge on any atom is -0.478 e. The third-order valence-corrected chi connectivity index (χ3v) is 2.91. The summed E-state index contributed by atoms with van der Waals surface area (Å²) in [5.74, 6) is -0.996. The van der Waals surface area contributed by atoms with Gasteiger partial charge in [0.1, 0.15) is 0 Å². The van der Waals surface area contributed by atoms with Gasteiger partial charge >= 0.3 is 5.97 Å². The van der Waals surface area contributed by atoms with E-state index in [0.717, 1.165) is 23.9 Å². The zero-order valence-electron chi connectivity index (χ0n) is 10.6. The summed E-state index contributed by atoms with van der Waals surface area (Å²) in [5, 5.41) is 17.7. The quantitative estimate of drug-likeness (QED) is 0.812. The maximum atomic E-state index is 10.4. The lowest BCUT2D eigenvalue weighted by Crippen LogP contribution is -2.23. The van der Waals surface area contributed by atoms with E-state index >= 15 is 0 Å². The summed E-state index contributed by atoms with van der Waals surface area (Å²) < 4.78 is 0. The Kier molecular flexibility index (Phi) is 5.91. The molecule has 0 aliphatic carbocycles. The van der Waals surface area contributed by atoms with E-state index < -0.39 is 5.97 Å². The molecule has 0 spiro atoms. The molecule has 1 rings (SSSR count). The monoisotopic (exact) mass is 278 g/mol. The standard InChI is InChI=1S/C14H15ClN2O2/c1-2-17(9-3-8-16)13-6-4-11(10-12(13)15)5-7-14(18)19/h4-7,10H,2-3,9H2,1H3,(H,18,19)/b7-5+. The van der Waals surface area contributed by atoms with Crippen molar-refractivity contribution >= 4 is 29.3 Å². The number of hydrogen-bond acceptors (Lipinski definition) is 3. The van der Waals surface area contributed by atoms with Gasteiger partial charge in [0.15, 0.2) is 0 Å². The smallest absolute Gasteiger partial charge is 0.328 e. The maximum absolute atomic E-state index is 10.4. The Hall–Kier alpha value is -1.99. The highest BCUT2D eigenvalue weighted by molar-refractivity contribution is 6.33. The molecule has 0 saturated heterocycles. The van der Waals surface area contributed by atoms with E-state index in [1.165, 1.54) is 6.08 Å². The highest BCUT2D eigenvalue weighted by Crippen LogP contribution is 2.27. The fourth-order valence-electron chi connectivity index (χ4n) is 1.68. The Morgan fingerprint density at radius 2 is 2.32 bits per heavy atom. The predicted molar refractivity (Wildman–Crippen MR) is 76.2 cm³/mol. The number of anilines is 1. The number of carboxylic acids is 1. The van der Waals surface area contributed by atoms with Gasteiger partial charge in [-0.05, 0) is 30.7 Å². The van der Waals surface area contributed by atoms with Crippen molar-refractivity contribution in [2.45, 2.75) is 13.3 Å². The minimum absolute atomic E-state index is 0.435. The second-order valence-electron chi connectivity index (χ2n) is 3.87. The first-order valence-electron chi connectivity index (χ1n) is 5.91. The number of hydrogen-bond donors (Lipinski definition) is 1. The number of benzene rings is 1. The average molecular weight is 279 g/mol. The molecule has 1 aromatic rings. The van der Waals surface area contributed by atoms with Crippen LogP contribution in [0, 0.1) is 11.3 Å². The summed E-state index contributed by atoms with van der Waals surface area (Å²) in [7, 11) is 0. The first-order chi connectivity index (χ1) is 9.08. The van der Waals surface area contributed by atoms with Crippen molar-refractivity contribution in [3.05, 3.63) is 34.9 Å². The van der Waals surface area contributed by atoms with E-state index in [2.05, 4.69) is 6.07 Å². The van der Waals surface area contributed by atoms with Crippen LogP contribution >= 0.6 is 11.6 Å². The van der Waals surface area contributed by atoms with Gasteiger partial charge in [0.2, 0.25) is 0 Å². The summed E-state index contributed by atoms with van der Waals surface area (Å²) in [6.07, 6.45) is 2.99. The van der Waals surface area contributed by atoms with Crippen LogP contribution in [0.1, 0.15) is 18.9 Å². The van der Waals surface area contributed by atoms with Gasteiger partial charge < -0.3 is 10.0 Å². The highest BCUT2D eigenvalue weighted by atomic mass is 35.5. The van der Waals surface area contributed by atoms with Crippen molar-refractivity contribution in [2.75, 3.05) is 18.0 Å². The molecule has 5 heteroatoms. The zero-order valence-corrected chi connectivity index (χ0v) is 11.4. The molecule has 0 radical (unpaired) electrons. The van der Waals surface area contributed by atoms with Crippen molar-refractivity contribution in [1.82, 2.24) is 0 Å². The topological polar surface area (TPSA) is 64.3 Å². The summed E-state index contributed by atoms with van der Waals surface area (Å²) in [4.78, 5) is 12.4. The fraction of sp³-hybridized carbons (Fsp3) is 0.286. The second-order valence-corrected chi connectivity index (χ2v) is 4.28. The molecule has 0 aliphatic rings. The first-order valence-corrected chi connectivity index (χ1v) is 6.28. The van der Waals surface area contributed by atoms with Crippen molar-refractivity contribution < 1.29 is 9.90 Å². The summed E-state index contributed by atoms with van der Waals surface area (Å²) in [6, 6.07) is 7.46. The molecule has 0 saturated carbocycles. The van der Waals surface area contributed by atoms with E-state index in [-0.39, 0.29) is 0 Å². The molecule has 4 nitrogen and oxygen atoms in total. The van der Waals surface area contributed by atoms with Crippen molar-refractivity contribution in [1.29, 1.82) is 5.26 Å². The molecule has 100 valence electrons. The van der Waals surface area contributed by atoms with Crippen LogP contribution in [0.3, 0.4) is 0 Å². The van der Waals surface area contributed by atoms with Gasteiger partial charge in [0.05, 0.1) is 23.2 Å². The van der Waals surface area contributed by atoms with Crippen LogP contribution in [0.2, 0.25) is 5.02 Å². The molecule has 0 amide bonds. The zero-order chi connectivity index (χ0) is 14.3. The molecule has 1 N–H and O–H groups in total. The average Bonchev–Trinajstić information content (AvgIpc) is 2.39. The SMILES string of the molecule is CCN(CCC#N)c1ccc(/C=C/C(=O)O)cc1Cl. The predicted octanol–water partition coefficient (Wildman–Crippen LogP) is 3.18. The fourth-order valence-corrected chi connectivity index (χ4v) is 1.99. The number of aliphatic carboxylic acids is 1. The summed E-state index contributed by atoms with van der Waals surface area (Å²) >= 11 is 6.19. The third kappa shape index (κ3) is 4.65. The van der Waals surface area contributed by atoms with Gasteiger partial charge in [0.25, 0.3) is 0 Å². The Morgan fingerprint density at radius 3 is 2.84 bits per heavy atom. The number of carbonyl (C=O) groups is 1. The number of halogens is 1. The third-order valence-electron chi connectivity index (χ3n) is 2.61. The molecule has 0 fully saturated rings. The van der Waals surface area contributed by atoms with Crippen LogP contribution in [0.5, 0.6) is 0 Å². The van der Waals surface area contributed by atoms with Crippen LogP contribution in [-0.4, -0.2) is 24.2 Å². The Morgan fingerprint density at radius 1 is 1.58 bits per heavy atom. The Bertz CT molecular complexity index is 521. The van der Waals surface area contributed by atoms with Crippen LogP contribution in [0.4, 0.5) is 5.69 Å². The largest absolute Gasteiger partial charge is 0.478 e. The number of nitriles is 1. The summed E-state index contributed by atoms with van der Waals surface area (Å²) in [6.45, 7) is 3.37. The van der Waals surface area contributed by atoms with Gasteiger partial charge in [-0.15, -0.1) is 0 Å². The van der Waals surface area contributed by atoms with Gasteiger partial charge in [-0.25, -0.2) is 4.79 Å². The molecular formula is C14H15ClN2O2. The maximum Gasteiger partial charge on any atom is 0.328 e. The van der Waals surface area contributed by atoms with E-state index in [1.54, 1.807) is 12.1 Å². The molecule has 0 aromatic heterocycles. The Labute approximate surface area is 117 Å². The van der Waals surface area contributed by atoms with E-state index in [0.29, 0.717) is 18.0 Å².